The van der Waals surface area contributed by atoms with Crippen molar-refractivity contribution >= 4 is 17.5 Å². The van der Waals surface area contributed by atoms with Gasteiger partial charge in [-0.25, -0.2) is 0 Å². The van der Waals surface area contributed by atoms with Gasteiger partial charge in [0.15, 0.2) is 11.5 Å². The molecule has 0 atom stereocenters. The Morgan fingerprint density at radius 2 is 1.82 bits per heavy atom. The van der Waals surface area contributed by atoms with Crippen LogP contribution < -0.4 is 20.1 Å². The Labute approximate surface area is 129 Å². The van der Waals surface area contributed by atoms with Gasteiger partial charge in [-0.05, 0) is 25.5 Å². The van der Waals surface area contributed by atoms with E-state index in [1.807, 2.05) is 6.92 Å². The van der Waals surface area contributed by atoms with Gasteiger partial charge >= 0.3 is 11.8 Å². The third kappa shape index (κ3) is 5.61. The number of nitrogens with one attached hydrogen (secondary N) is 2. The van der Waals surface area contributed by atoms with E-state index in [0.717, 1.165) is 0 Å². The van der Waals surface area contributed by atoms with Crippen molar-refractivity contribution in [1.29, 1.82) is 0 Å². The largest absolute Gasteiger partial charge is 0.493 e. The summed E-state index contributed by atoms with van der Waals surface area (Å²) in [7, 11) is 3.01. The van der Waals surface area contributed by atoms with E-state index >= 15 is 0 Å². The summed E-state index contributed by atoms with van der Waals surface area (Å²) in [6, 6.07) is 4.86. The lowest BCUT2D eigenvalue weighted by Gasteiger charge is -2.10. The normalized spacial score (nSPS) is 9.95. The smallest absolute Gasteiger partial charge is 0.313 e. The van der Waals surface area contributed by atoms with Crippen molar-refractivity contribution in [3.8, 4) is 11.5 Å². The van der Waals surface area contributed by atoms with E-state index in [9.17, 15) is 9.59 Å². The Bertz CT molecular complexity index is 505. The Balaban J connectivity index is 2.48. The SMILES string of the molecule is CCOCCCNC(=O)C(=O)Nc1ccc(OC)c(OC)c1. The summed E-state index contributed by atoms with van der Waals surface area (Å²) >= 11 is 0. The zero-order chi connectivity index (χ0) is 16.4. The predicted octanol–water partition coefficient (Wildman–Crippen LogP) is 1.19. The van der Waals surface area contributed by atoms with E-state index in [1.165, 1.54) is 14.2 Å². The van der Waals surface area contributed by atoms with Gasteiger partial charge in [0.25, 0.3) is 0 Å². The maximum absolute atomic E-state index is 11.8. The Morgan fingerprint density at radius 1 is 1.09 bits per heavy atom. The van der Waals surface area contributed by atoms with Crippen molar-refractivity contribution in [3.63, 3.8) is 0 Å². The zero-order valence-corrected chi connectivity index (χ0v) is 13.1. The van der Waals surface area contributed by atoms with E-state index in [1.54, 1.807) is 18.2 Å². The molecule has 0 heterocycles. The molecule has 7 nitrogen and oxygen atoms in total. The van der Waals surface area contributed by atoms with Gasteiger partial charge in [-0.15, -0.1) is 0 Å². The van der Waals surface area contributed by atoms with E-state index in [4.69, 9.17) is 14.2 Å². The molecule has 1 aromatic rings. The van der Waals surface area contributed by atoms with Gasteiger partial charge in [0.2, 0.25) is 0 Å². The Hall–Kier alpha value is -2.28. The standard InChI is InChI=1S/C15H22N2O5/c1-4-22-9-5-8-16-14(18)15(19)17-11-6-7-12(20-2)13(10-11)21-3/h6-7,10H,4-5,8-9H2,1-3H3,(H,16,18)(H,17,19). The molecule has 0 saturated heterocycles. The van der Waals surface area contributed by atoms with Gasteiger partial charge < -0.3 is 24.8 Å². The number of carbonyl (C=O) groups is 2. The minimum absolute atomic E-state index is 0.387. The molecule has 2 amide bonds. The molecule has 0 radical (unpaired) electrons. The fourth-order valence-corrected chi connectivity index (χ4v) is 1.70. The highest BCUT2D eigenvalue weighted by Crippen LogP contribution is 2.29. The van der Waals surface area contributed by atoms with E-state index in [2.05, 4.69) is 10.6 Å². The first-order valence-corrected chi connectivity index (χ1v) is 7.01. The average molecular weight is 310 g/mol. The number of amides is 2. The summed E-state index contributed by atoms with van der Waals surface area (Å²) < 4.78 is 15.4. The average Bonchev–Trinajstić information content (AvgIpc) is 2.54. The summed E-state index contributed by atoms with van der Waals surface area (Å²) in [6.07, 6.45) is 0.656. The summed E-state index contributed by atoms with van der Waals surface area (Å²) in [5.41, 5.74) is 0.451. The number of methoxy groups -OCH3 is 2. The Kier molecular flexibility index (Phi) is 7.77. The number of rotatable bonds is 8. The minimum Gasteiger partial charge on any atom is -0.493 e. The van der Waals surface area contributed by atoms with Crippen LogP contribution in [0.25, 0.3) is 0 Å². The number of hydrogen-bond donors (Lipinski definition) is 2. The van der Waals surface area contributed by atoms with Gasteiger partial charge in [-0.3, -0.25) is 9.59 Å². The van der Waals surface area contributed by atoms with Gasteiger partial charge in [-0.1, -0.05) is 0 Å². The highest BCUT2D eigenvalue weighted by molar-refractivity contribution is 6.39. The molecule has 7 heteroatoms. The molecule has 0 bridgehead atoms. The van der Waals surface area contributed by atoms with Crippen LogP contribution in [0.2, 0.25) is 0 Å². The fourth-order valence-electron chi connectivity index (χ4n) is 1.70. The molecular formula is C15H22N2O5. The second-order valence-corrected chi connectivity index (χ2v) is 4.33. The van der Waals surface area contributed by atoms with Crippen LogP contribution in [0.1, 0.15) is 13.3 Å². The molecule has 0 saturated carbocycles. The first-order chi connectivity index (χ1) is 10.6. The summed E-state index contributed by atoms with van der Waals surface area (Å²) in [5.74, 6) is -0.409. The lowest BCUT2D eigenvalue weighted by Crippen LogP contribution is -2.36. The lowest BCUT2D eigenvalue weighted by atomic mass is 10.2. The lowest BCUT2D eigenvalue weighted by molar-refractivity contribution is -0.136. The molecule has 0 aliphatic rings. The highest BCUT2D eigenvalue weighted by Gasteiger charge is 2.14. The van der Waals surface area contributed by atoms with Crippen LogP contribution in [0.3, 0.4) is 0 Å². The van der Waals surface area contributed by atoms with Crippen LogP contribution in [0.5, 0.6) is 11.5 Å². The summed E-state index contributed by atoms with van der Waals surface area (Å²) in [6.45, 7) is 3.47. The Morgan fingerprint density at radius 3 is 2.45 bits per heavy atom. The molecule has 2 N–H and O–H groups in total. The van der Waals surface area contributed by atoms with E-state index < -0.39 is 11.8 Å². The number of carbonyl (C=O) groups excluding carboxylic acids is 2. The second kappa shape index (κ2) is 9.62. The first kappa shape index (κ1) is 17.8. The van der Waals surface area contributed by atoms with Crippen molar-refractivity contribution in [2.45, 2.75) is 13.3 Å². The molecule has 0 unspecified atom stereocenters. The van der Waals surface area contributed by atoms with Crippen molar-refractivity contribution in [2.24, 2.45) is 0 Å². The number of benzene rings is 1. The molecule has 22 heavy (non-hydrogen) atoms. The monoisotopic (exact) mass is 310 g/mol. The molecule has 0 aliphatic carbocycles. The molecule has 1 rings (SSSR count). The molecule has 1 aromatic carbocycles. The first-order valence-electron chi connectivity index (χ1n) is 7.01. The van der Waals surface area contributed by atoms with Crippen LogP contribution in [-0.4, -0.2) is 45.8 Å². The number of ether oxygens (including phenoxy) is 3. The third-order valence-electron chi connectivity index (χ3n) is 2.80. The van der Waals surface area contributed by atoms with Crippen LogP contribution in [0, 0.1) is 0 Å². The van der Waals surface area contributed by atoms with Crippen molar-refractivity contribution in [3.05, 3.63) is 18.2 Å². The van der Waals surface area contributed by atoms with Crippen molar-refractivity contribution in [2.75, 3.05) is 39.3 Å². The highest BCUT2D eigenvalue weighted by atomic mass is 16.5. The quantitative estimate of drug-likeness (QED) is 0.556. The van der Waals surface area contributed by atoms with Gasteiger partial charge in [0.1, 0.15) is 0 Å². The molecule has 0 aromatic heterocycles. The molecular weight excluding hydrogens is 288 g/mol. The topological polar surface area (TPSA) is 85.9 Å². The predicted molar refractivity (Wildman–Crippen MR) is 82.3 cm³/mol. The van der Waals surface area contributed by atoms with Crippen LogP contribution >= 0.6 is 0 Å². The minimum atomic E-state index is -0.733. The third-order valence-corrected chi connectivity index (χ3v) is 2.80. The summed E-state index contributed by atoms with van der Waals surface area (Å²) in [5, 5.41) is 5.03. The van der Waals surface area contributed by atoms with Crippen molar-refractivity contribution in [1.82, 2.24) is 5.32 Å². The second-order valence-electron chi connectivity index (χ2n) is 4.33. The zero-order valence-electron chi connectivity index (χ0n) is 13.1. The van der Waals surface area contributed by atoms with E-state index in [-0.39, 0.29) is 0 Å². The number of hydrogen-bond acceptors (Lipinski definition) is 5. The van der Waals surface area contributed by atoms with Gasteiger partial charge in [0.05, 0.1) is 14.2 Å². The van der Waals surface area contributed by atoms with Crippen LogP contribution in [0.15, 0.2) is 18.2 Å². The molecule has 0 spiro atoms. The van der Waals surface area contributed by atoms with Gasteiger partial charge in [0, 0.05) is 31.5 Å². The summed E-state index contributed by atoms with van der Waals surface area (Å²) in [4.78, 5) is 23.4. The molecule has 0 fully saturated rings. The van der Waals surface area contributed by atoms with Crippen LogP contribution in [-0.2, 0) is 14.3 Å². The van der Waals surface area contributed by atoms with Crippen LogP contribution in [0.4, 0.5) is 5.69 Å². The van der Waals surface area contributed by atoms with Crippen molar-refractivity contribution < 1.29 is 23.8 Å². The maximum Gasteiger partial charge on any atom is 0.313 e. The fraction of sp³-hybridized carbons (Fsp3) is 0.467. The molecule has 122 valence electrons. The van der Waals surface area contributed by atoms with E-state index in [0.29, 0.717) is 43.4 Å². The molecule has 0 aliphatic heterocycles. The number of anilines is 1. The maximum atomic E-state index is 11.8. The van der Waals surface area contributed by atoms with Gasteiger partial charge in [-0.2, -0.15) is 0 Å².